The molecule has 0 saturated heterocycles. The standard InChI is InChI=1S/C17H24N4OS2/c1-5-10-18-15-20-21-16(24-15)23-11-14(22)19-13-8-6-12(7-9-13)17(2,3)4/h6-9H,5,10-11H2,1-4H3,(H,18,20)(H,19,22). The maximum atomic E-state index is 12.1. The Morgan fingerprint density at radius 2 is 1.92 bits per heavy atom. The number of anilines is 2. The molecule has 0 fully saturated rings. The minimum atomic E-state index is -0.0400. The zero-order valence-electron chi connectivity index (χ0n) is 14.5. The summed E-state index contributed by atoms with van der Waals surface area (Å²) in [5.74, 6) is 0.283. The molecule has 7 heteroatoms. The van der Waals surface area contributed by atoms with E-state index in [0.29, 0.717) is 5.75 Å². The summed E-state index contributed by atoms with van der Waals surface area (Å²) in [7, 11) is 0. The molecule has 0 aliphatic carbocycles. The summed E-state index contributed by atoms with van der Waals surface area (Å²) in [6.45, 7) is 9.49. The predicted molar refractivity (Wildman–Crippen MR) is 103 cm³/mol. The van der Waals surface area contributed by atoms with Crippen molar-refractivity contribution >= 4 is 39.8 Å². The third kappa shape index (κ3) is 5.79. The lowest BCUT2D eigenvalue weighted by molar-refractivity contribution is -0.113. The first-order valence-electron chi connectivity index (χ1n) is 7.99. The number of thioether (sulfide) groups is 1. The van der Waals surface area contributed by atoms with Gasteiger partial charge in [0.15, 0.2) is 4.34 Å². The van der Waals surface area contributed by atoms with Crippen molar-refractivity contribution in [1.29, 1.82) is 0 Å². The van der Waals surface area contributed by atoms with E-state index in [1.54, 1.807) is 0 Å². The second-order valence-corrected chi connectivity index (χ2v) is 8.66. The molecule has 0 bridgehead atoms. The highest BCUT2D eigenvalue weighted by Gasteiger charge is 2.13. The molecule has 0 spiro atoms. The van der Waals surface area contributed by atoms with E-state index >= 15 is 0 Å². The maximum absolute atomic E-state index is 12.1. The van der Waals surface area contributed by atoms with Crippen molar-refractivity contribution in [1.82, 2.24) is 10.2 Å². The Morgan fingerprint density at radius 1 is 1.21 bits per heavy atom. The Bertz CT molecular complexity index is 662. The lowest BCUT2D eigenvalue weighted by Crippen LogP contribution is -2.15. The lowest BCUT2D eigenvalue weighted by Gasteiger charge is -2.19. The highest BCUT2D eigenvalue weighted by molar-refractivity contribution is 8.01. The molecule has 1 heterocycles. The van der Waals surface area contributed by atoms with Gasteiger partial charge in [0.25, 0.3) is 0 Å². The van der Waals surface area contributed by atoms with Crippen LogP contribution in [0.15, 0.2) is 28.6 Å². The van der Waals surface area contributed by atoms with Crippen LogP contribution in [0.4, 0.5) is 10.8 Å². The topological polar surface area (TPSA) is 66.9 Å². The fourth-order valence-corrected chi connectivity index (χ4v) is 3.53. The number of hydrogen-bond acceptors (Lipinski definition) is 6. The number of rotatable bonds is 7. The minimum Gasteiger partial charge on any atom is -0.360 e. The van der Waals surface area contributed by atoms with E-state index in [-0.39, 0.29) is 11.3 Å². The Balaban J connectivity index is 1.81. The van der Waals surface area contributed by atoms with Gasteiger partial charge in [-0.15, -0.1) is 10.2 Å². The van der Waals surface area contributed by atoms with Crippen LogP contribution >= 0.6 is 23.1 Å². The number of amides is 1. The van der Waals surface area contributed by atoms with Crippen molar-refractivity contribution in [2.75, 3.05) is 22.9 Å². The second-order valence-electron chi connectivity index (χ2n) is 6.46. The van der Waals surface area contributed by atoms with Crippen LogP contribution in [0.2, 0.25) is 0 Å². The summed E-state index contributed by atoms with van der Waals surface area (Å²) < 4.78 is 0.798. The number of carbonyl (C=O) groups excluding carboxylic acids is 1. The number of carbonyl (C=O) groups is 1. The molecule has 1 aromatic heterocycles. The van der Waals surface area contributed by atoms with Crippen molar-refractivity contribution in [2.45, 2.75) is 43.9 Å². The minimum absolute atomic E-state index is 0.0400. The van der Waals surface area contributed by atoms with Gasteiger partial charge in [-0.3, -0.25) is 4.79 Å². The second kappa shape index (κ2) is 8.48. The normalized spacial score (nSPS) is 11.3. The highest BCUT2D eigenvalue weighted by atomic mass is 32.2. The quantitative estimate of drug-likeness (QED) is 0.713. The van der Waals surface area contributed by atoms with Gasteiger partial charge in [-0.2, -0.15) is 0 Å². The van der Waals surface area contributed by atoms with Crippen LogP contribution in [0.25, 0.3) is 0 Å². The van der Waals surface area contributed by atoms with Crippen molar-refractivity contribution in [3.63, 3.8) is 0 Å². The van der Waals surface area contributed by atoms with Crippen molar-refractivity contribution in [2.24, 2.45) is 0 Å². The molecule has 2 aromatic rings. The Kier molecular flexibility index (Phi) is 6.62. The van der Waals surface area contributed by atoms with Gasteiger partial charge in [0.2, 0.25) is 11.0 Å². The maximum Gasteiger partial charge on any atom is 0.234 e. The fourth-order valence-electron chi connectivity index (χ4n) is 1.95. The first kappa shape index (κ1) is 18.7. The SMILES string of the molecule is CCCNc1nnc(SCC(=O)Nc2ccc(C(C)(C)C)cc2)s1. The summed E-state index contributed by atoms with van der Waals surface area (Å²) in [6.07, 6.45) is 1.04. The van der Waals surface area contributed by atoms with Gasteiger partial charge in [-0.25, -0.2) is 0 Å². The van der Waals surface area contributed by atoms with Gasteiger partial charge in [0.05, 0.1) is 5.75 Å². The van der Waals surface area contributed by atoms with Gasteiger partial charge < -0.3 is 10.6 Å². The van der Waals surface area contributed by atoms with Gasteiger partial charge in [0, 0.05) is 12.2 Å². The highest BCUT2D eigenvalue weighted by Crippen LogP contribution is 2.26. The van der Waals surface area contributed by atoms with Crippen LogP contribution in [-0.2, 0) is 10.2 Å². The molecule has 0 aliphatic rings. The van der Waals surface area contributed by atoms with E-state index in [1.807, 2.05) is 12.1 Å². The molecule has 0 atom stereocenters. The summed E-state index contributed by atoms with van der Waals surface area (Å²) in [5, 5.41) is 15.0. The predicted octanol–water partition coefficient (Wildman–Crippen LogP) is 4.39. The molecule has 1 amide bonds. The van der Waals surface area contributed by atoms with Crippen molar-refractivity contribution < 1.29 is 4.79 Å². The number of nitrogens with one attached hydrogen (secondary N) is 2. The lowest BCUT2D eigenvalue weighted by atomic mass is 9.87. The molecular weight excluding hydrogens is 340 g/mol. The first-order chi connectivity index (χ1) is 11.4. The van der Waals surface area contributed by atoms with Crippen LogP contribution < -0.4 is 10.6 Å². The number of nitrogens with zero attached hydrogens (tertiary/aromatic N) is 2. The van der Waals surface area contributed by atoms with Crippen LogP contribution in [0, 0.1) is 0 Å². The van der Waals surface area contributed by atoms with Gasteiger partial charge >= 0.3 is 0 Å². The van der Waals surface area contributed by atoms with E-state index in [4.69, 9.17) is 0 Å². The Morgan fingerprint density at radius 3 is 2.54 bits per heavy atom. The van der Waals surface area contributed by atoms with Crippen molar-refractivity contribution in [3.05, 3.63) is 29.8 Å². The van der Waals surface area contributed by atoms with Gasteiger partial charge in [0.1, 0.15) is 0 Å². The molecule has 5 nitrogen and oxygen atoms in total. The zero-order chi connectivity index (χ0) is 17.6. The number of aromatic nitrogens is 2. The molecule has 24 heavy (non-hydrogen) atoms. The van der Waals surface area contributed by atoms with E-state index in [9.17, 15) is 4.79 Å². The van der Waals surface area contributed by atoms with Gasteiger partial charge in [-0.1, -0.05) is 62.9 Å². The van der Waals surface area contributed by atoms with E-state index in [2.05, 4.69) is 60.7 Å². The largest absolute Gasteiger partial charge is 0.360 e. The van der Waals surface area contributed by atoms with Crippen LogP contribution in [0.1, 0.15) is 39.7 Å². The molecule has 2 N–H and O–H groups in total. The molecular formula is C17H24N4OS2. The molecule has 0 unspecified atom stereocenters. The smallest absolute Gasteiger partial charge is 0.234 e. The number of benzene rings is 1. The average Bonchev–Trinajstić information content (AvgIpc) is 2.98. The first-order valence-corrected chi connectivity index (χ1v) is 9.79. The molecule has 1 aromatic carbocycles. The van der Waals surface area contributed by atoms with E-state index < -0.39 is 0 Å². The molecule has 2 rings (SSSR count). The molecule has 0 saturated carbocycles. The molecule has 0 radical (unpaired) electrons. The Hall–Kier alpha value is -1.60. The third-order valence-corrected chi connectivity index (χ3v) is 5.31. The summed E-state index contributed by atoms with van der Waals surface area (Å²) in [6, 6.07) is 8.00. The van der Waals surface area contributed by atoms with Crippen LogP contribution in [-0.4, -0.2) is 28.4 Å². The van der Waals surface area contributed by atoms with Gasteiger partial charge in [-0.05, 0) is 29.5 Å². The van der Waals surface area contributed by atoms with E-state index in [0.717, 1.165) is 28.1 Å². The van der Waals surface area contributed by atoms with Crippen LogP contribution in [0.5, 0.6) is 0 Å². The zero-order valence-corrected chi connectivity index (χ0v) is 16.2. The Labute approximate surface area is 151 Å². The molecule has 130 valence electrons. The van der Waals surface area contributed by atoms with Crippen molar-refractivity contribution in [3.8, 4) is 0 Å². The third-order valence-electron chi connectivity index (χ3n) is 3.29. The van der Waals surface area contributed by atoms with E-state index in [1.165, 1.54) is 28.7 Å². The summed E-state index contributed by atoms with van der Waals surface area (Å²) in [4.78, 5) is 12.1. The average molecular weight is 365 g/mol. The summed E-state index contributed by atoms with van der Waals surface area (Å²) >= 11 is 2.88. The van der Waals surface area contributed by atoms with Crippen LogP contribution in [0.3, 0.4) is 0 Å². The monoisotopic (exact) mass is 364 g/mol. The fraction of sp³-hybridized carbons (Fsp3) is 0.471. The number of hydrogen-bond donors (Lipinski definition) is 2. The molecule has 0 aliphatic heterocycles. The summed E-state index contributed by atoms with van der Waals surface area (Å²) in [5.41, 5.74) is 2.17.